The van der Waals surface area contributed by atoms with Crippen LogP contribution in [-0.2, 0) is 14.3 Å². The minimum Gasteiger partial charge on any atom is -0.460 e. The number of rotatable bonds is 9. The zero-order chi connectivity index (χ0) is 23.8. The lowest BCUT2D eigenvalue weighted by Gasteiger charge is -2.21. The zero-order valence-corrected chi connectivity index (χ0v) is 19.1. The first-order valence-electron chi connectivity index (χ1n) is 9.82. The van der Waals surface area contributed by atoms with Crippen molar-refractivity contribution in [2.24, 2.45) is 5.92 Å². The number of amides is 2. The van der Waals surface area contributed by atoms with Gasteiger partial charge in [0.25, 0.3) is 0 Å². The average molecular weight is 463 g/mol. The first kappa shape index (κ1) is 26.8. The Morgan fingerprint density at radius 3 is 2.10 bits per heavy atom. The number of ketones is 1. The lowest BCUT2D eigenvalue weighted by Crippen LogP contribution is -2.44. The highest BCUT2D eigenvalue weighted by Crippen LogP contribution is 2.37. The van der Waals surface area contributed by atoms with Crippen molar-refractivity contribution in [3.63, 3.8) is 0 Å². The predicted octanol–water partition coefficient (Wildman–Crippen LogP) is 5.53. The van der Waals surface area contributed by atoms with Gasteiger partial charge in [-0.2, -0.15) is 13.2 Å². The monoisotopic (exact) mass is 462 g/mol. The summed E-state index contributed by atoms with van der Waals surface area (Å²) in [5, 5.41) is 5.09. The van der Waals surface area contributed by atoms with Crippen LogP contribution in [0.4, 0.5) is 23.7 Å². The van der Waals surface area contributed by atoms with Gasteiger partial charge in [0.05, 0.1) is 12.5 Å². The molecule has 2 N–H and O–H groups in total. The molecule has 2 amide bonds. The second kappa shape index (κ2) is 11.4. The van der Waals surface area contributed by atoms with Crippen LogP contribution >= 0.6 is 11.8 Å². The quantitative estimate of drug-likeness (QED) is 0.373. The fourth-order valence-corrected chi connectivity index (χ4v) is 3.14. The molecule has 0 aliphatic heterocycles. The van der Waals surface area contributed by atoms with Gasteiger partial charge in [0, 0.05) is 17.0 Å². The first-order chi connectivity index (χ1) is 14.1. The molecule has 0 aliphatic rings. The molecule has 0 aromatic heterocycles. The number of hydrogen-bond acceptors (Lipinski definition) is 5. The number of halogens is 3. The standard InChI is InChI=1S/C21H29F3N2O4S/c1-13(2)12-16(17(27)10-11-18(28)30-20(3,4)5)26-19(29)25-14-6-8-15(9-7-14)31-21(22,23)24/h6-9,13,16H,10-12H2,1-5H3,(H2,25,26,29)/t16-/m0/s1. The Hall–Kier alpha value is -2.23. The molecule has 0 saturated carbocycles. The molecule has 1 aromatic rings. The van der Waals surface area contributed by atoms with Gasteiger partial charge in [0.15, 0.2) is 5.78 Å². The molecule has 0 saturated heterocycles. The summed E-state index contributed by atoms with van der Waals surface area (Å²) in [5.41, 5.74) is -4.76. The van der Waals surface area contributed by atoms with E-state index in [9.17, 15) is 27.6 Å². The molecule has 0 radical (unpaired) electrons. The summed E-state index contributed by atoms with van der Waals surface area (Å²) in [5.74, 6) is -0.688. The molecule has 0 heterocycles. The van der Waals surface area contributed by atoms with E-state index in [1.54, 1.807) is 20.8 Å². The van der Waals surface area contributed by atoms with E-state index >= 15 is 0 Å². The summed E-state index contributed by atoms with van der Waals surface area (Å²) < 4.78 is 42.4. The number of hydrogen-bond donors (Lipinski definition) is 2. The molecule has 1 aromatic carbocycles. The number of thioether (sulfide) groups is 1. The van der Waals surface area contributed by atoms with E-state index in [2.05, 4.69) is 10.6 Å². The molecular weight excluding hydrogens is 433 g/mol. The lowest BCUT2D eigenvalue weighted by atomic mass is 9.98. The van der Waals surface area contributed by atoms with Crippen LogP contribution in [0, 0.1) is 5.92 Å². The number of urea groups is 1. The molecule has 10 heteroatoms. The van der Waals surface area contributed by atoms with Crippen molar-refractivity contribution in [1.29, 1.82) is 0 Å². The first-order valence-corrected chi connectivity index (χ1v) is 10.6. The summed E-state index contributed by atoms with van der Waals surface area (Å²) in [6.45, 7) is 8.98. The molecule has 0 unspecified atom stereocenters. The lowest BCUT2D eigenvalue weighted by molar-refractivity contribution is -0.155. The van der Waals surface area contributed by atoms with Gasteiger partial charge in [-0.3, -0.25) is 9.59 Å². The van der Waals surface area contributed by atoms with Gasteiger partial charge >= 0.3 is 17.5 Å². The number of ether oxygens (including phenoxy) is 1. The number of carbonyl (C=O) groups excluding carboxylic acids is 3. The van der Waals surface area contributed by atoms with E-state index in [-0.39, 0.29) is 46.9 Å². The normalized spacial score (nSPS) is 12.9. The number of anilines is 1. The molecule has 0 fully saturated rings. The molecule has 31 heavy (non-hydrogen) atoms. The molecule has 1 rings (SSSR count). The summed E-state index contributed by atoms with van der Waals surface area (Å²) in [4.78, 5) is 36.7. The average Bonchev–Trinajstić information content (AvgIpc) is 2.57. The van der Waals surface area contributed by atoms with E-state index < -0.39 is 29.2 Å². The van der Waals surface area contributed by atoms with Crippen LogP contribution in [0.3, 0.4) is 0 Å². The molecule has 174 valence electrons. The summed E-state index contributed by atoms with van der Waals surface area (Å²) in [6.07, 6.45) is 0.212. The second-order valence-electron chi connectivity index (χ2n) is 8.41. The maximum atomic E-state index is 12.6. The Balaban J connectivity index is 2.66. The maximum absolute atomic E-state index is 12.6. The molecule has 0 aliphatic carbocycles. The van der Waals surface area contributed by atoms with Gasteiger partial charge in [0.2, 0.25) is 0 Å². The Morgan fingerprint density at radius 2 is 1.61 bits per heavy atom. The van der Waals surface area contributed by atoms with E-state index in [1.165, 1.54) is 24.3 Å². The summed E-state index contributed by atoms with van der Waals surface area (Å²) in [6, 6.07) is 3.71. The molecule has 1 atom stereocenters. The number of esters is 1. The zero-order valence-electron chi connectivity index (χ0n) is 18.3. The number of benzene rings is 1. The van der Waals surface area contributed by atoms with Crippen molar-refractivity contribution >= 4 is 35.2 Å². The molecule has 0 spiro atoms. The van der Waals surface area contributed by atoms with Crippen molar-refractivity contribution in [2.75, 3.05) is 5.32 Å². The Labute approximate surface area is 184 Å². The van der Waals surface area contributed by atoms with Crippen LogP contribution in [0.1, 0.15) is 53.9 Å². The van der Waals surface area contributed by atoms with Crippen LogP contribution in [0.15, 0.2) is 29.2 Å². The van der Waals surface area contributed by atoms with Crippen molar-refractivity contribution in [1.82, 2.24) is 5.32 Å². The van der Waals surface area contributed by atoms with Crippen molar-refractivity contribution in [3.05, 3.63) is 24.3 Å². The molecule has 0 bridgehead atoms. The highest BCUT2D eigenvalue weighted by molar-refractivity contribution is 8.00. The van der Waals surface area contributed by atoms with Crippen LogP contribution in [0.25, 0.3) is 0 Å². The topological polar surface area (TPSA) is 84.5 Å². The molecular formula is C21H29F3N2O4S. The smallest absolute Gasteiger partial charge is 0.446 e. The second-order valence-corrected chi connectivity index (χ2v) is 9.54. The van der Waals surface area contributed by atoms with Gasteiger partial charge in [-0.05, 0) is 69.1 Å². The van der Waals surface area contributed by atoms with Crippen LogP contribution < -0.4 is 10.6 Å². The maximum Gasteiger partial charge on any atom is 0.446 e. The highest BCUT2D eigenvalue weighted by atomic mass is 32.2. The predicted molar refractivity (Wildman–Crippen MR) is 114 cm³/mol. The number of Topliss-reactive ketones (excluding diaryl/α,β-unsaturated/α-hetero) is 1. The van der Waals surface area contributed by atoms with Crippen molar-refractivity contribution < 1.29 is 32.3 Å². The van der Waals surface area contributed by atoms with E-state index in [0.717, 1.165) is 0 Å². The highest BCUT2D eigenvalue weighted by Gasteiger charge is 2.29. The third kappa shape index (κ3) is 12.3. The fraction of sp³-hybridized carbons (Fsp3) is 0.571. The minimum absolute atomic E-state index is 0.00605. The van der Waals surface area contributed by atoms with E-state index in [1.807, 2.05) is 13.8 Å². The Bertz CT molecular complexity index is 759. The summed E-state index contributed by atoms with van der Waals surface area (Å²) in [7, 11) is 0. The Morgan fingerprint density at radius 1 is 1.03 bits per heavy atom. The van der Waals surface area contributed by atoms with Gasteiger partial charge in [0.1, 0.15) is 5.60 Å². The van der Waals surface area contributed by atoms with Crippen molar-refractivity contribution in [2.45, 2.75) is 75.9 Å². The third-order valence-corrected chi connectivity index (χ3v) is 4.48. The van der Waals surface area contributed by atoms with Gasteiger partial charge < -0.3 is 15.4 Å². The van der Waals surface area contributed by atoms with Crippen LogP contribution in [-0.4, -0.2) is 34.9 Å². The minimum atomic E-state index is -4.39. The van der Waals surface area contributed by atoms with Crippen LogP contribution in [0.2, 0.25) is 0 Å². The fourth-order valence-electron chi connectivity index (χ4n) is 2.60. The third-order valence-electron chi connectivity index (χ3n) is 3.74. The van der Waals surface area contributed by atoms with Gasteiger partial charge in [-0.25, -0.2) is 4.79 Å². The van der Waals surface area contributed by atoms with E-state index in [4.69, 9.17) is 4.74 Å². The number of carbonyl (C=O) groups is 3. The van der Waals surface area contributed by atoms with E-state index in [0.29, 0.717) is 6.42 Å². The van der Waals surface area contributed by atoms with Crippen LogP contribution in [0.5, 0.6) is 0 Å². The largest absolute Gasteiger partial charge is 0.460 e. The SMILES string of the molecule is CC(C)C[C@H](NC(=O)Nc1ccc(SC(F)(F)F)cc1)C(=O)CCC(=O)OC(C)(C)C. The van der Waals surface area contributed by atoms with Gasteiger partial charge in [-0.1, -0.05) is 13.8 Å². The molecule has 6 nitrogen and oxygen atoms in total. The number of nitrogens with one attached hydrogen (secondary N) is 2. The summed E-state index contributed by atoms with van der Waals surface area (Å²) >= 11 is -0.250. The number of alkyl halides is 3. The Kier molecular flexibility index (Phi) is 9.86. The van der Waals surface area contributed by atoms with Gasteiger partial charge in [-0.15, -0.1) is 0 Å². The van der Waals surface area contributed by atoms with Crippen molar-refractivity contribution in [3.8, 4) is 0 Å².